The van der Waals surface area contributed by atoms with Crippen LogP contribution >= 0.6 is 0 Å². The molecular formula is C23H17NO2. The molecule has 3 nitrogen and oxygen atoms in total. The van der Waals surface area contributed by atoms with Gasteiger partial charge in [0.1, 0.15) is 0 Å². The van der Waals surface area contributed by atoms with Gasteiger partial charge in [-0.1, -0.05) is 48.5 Å². The van der Waals surface area contributed by atoms with Gasteiger partial charge in [0, 0.05) is 28.4 Å². The molecule has 0 radical (unpaired) electrons. The minimum absolute atomic E-state index is 0.000112. The highest BCUT2D eigenvalue weighted by Crippen LogP contribution is 2.38. The second-order valence-corrected chi connectivity index (χ2v) is 6.99. The molecule has 2 aliphatic rings. The van der Waals surface area contributed by atoms with Crippen molar-refractivity contribution in [2.24, 2.45) is 0 Å². The number of para-hydroxylation sites is 1. The monoisotopic (exact) mass is 339 g/mol. The molecule has 1 aliphatic heterocycles. The van der Waals surface area contributed by atoms with Crippen LogP contribution in [0.4, 0.5) is 5.69 Å². The van der Waals surface area contributed by atoms with E-state index in [-0.39, 0.29) is 17.7 Å². The molecule has 0 saturated heterocycles. The van der Waals surface area contributed by atoms with E-state index in [1.807, 2.05) is 59.5 Å². The van der Waals surface area contributed by atoms with Gasteiger partial charge >= 0.3 is 0 Å². The van der Waals surface area contributed by atoms with E-state index in [1.54, 1.807) is 6.07 Å². The Hall–Kier alpha value is -3.20. The van der Waals surface area contributed by atoms with Crippen LogP contribution < -0.4 is 4.90 Å². The van der Waals surface area contributed by atoms with Gasteiger partial charge in [-0.25, -0.2) is 0 Å². The van der Waals surface area contributed by atoms with E-state index in [0.717, 1.165) is 23.2 Å². The summed E-state index contributed by atoms with van der Waals surface area (Å²) in [7, 11) is 0. The first-order chi connectivity index (χ1) is 12.6. The van der Waals surface area contributed by atoms with Crippen LogP contribution in [0.5, 0.6) is 0 Å². The van der Waals surface area contributed by atoms with Gasteiger partial charge < -0.3 is 4.90 Å². The maximum absolute atomic E-state index is 13.2. The van der Waals surface area contributed by atoms with Crippen LogP contribution in [0.3, 0.4) is 0 Å². The predicted octanol–water partition coefficient (Wildman–Crippen LogP) is 4.49. The molecule has 26 heavy (non-hydrogen) atoms. The molecule has 1 heterocycles. The molecule has 0 N–H and O–H groups in total. The van der Waals surface area contributed by atoms with Gasteiger partial charge in [-0.2, -0.15) is 0 Å². The maximum atomic E-state index is 13.2. The standard InChI is InChI=1S/C23H17NO2/c1-14-12-15-6-2-5-9-21(15)24(14)23(26)16-10-11-18-17-7-3-4-8-19(17)22(25)20(18)13-16/h2-11,13-14H,12H2,1H3. The third-order valence-corrected chi connectivity index (χ3v) is 5.40. The highest BCUT2D eigenvalue weighted by molar-refractivity contribution is 6.22. The third kappa shape index (κ3) is 2.00. The minimum atomic E-state index is -0.0472. The summed E-state index contributed by atoms with van der Waals surface area (Å²) in [5.74, 6) is -0.0471. The first-order valence-electron chi connectivity index (χ1n) is 8.85. The fourth-order valence-corrected chi connectivity index (χ4v) is 4.18. The van der Waals surface area contributed by atoms with Crippen LogP contribution in [-0.4, -0.2) is 17.7 Å². The number of hydrogen-bond donors (Lipinski definition) is 0. The highest BCUT2D eigenvalue weighted by Gasteiger charge is 2.33. The number of ketones is 1. The topological polar surface area (TPSA) is 37.4 Å². The van der Waals surface area contributed by atoms with Gasteiger partial charge in [0.2, 0.25) is 0 Å². The molecule has 3 aromatic carbocycles. The predicted molar refractivity (Wildman–Crippen MR) is 102 cm³/mol. The van der Waals surface area contributed by atoms with Crippen molar-refractivity contribution in [2.45, 2.75) is 19.4 Å². The van der Waals surface area contributed by atoms with E-state index < -0.39 is 0 Å². The summed E-state index contributed by atoms with van der Waals surface area (Å²) in [6, 6.07) is 21.2. The number of nitrogens with zero attached hydrogens (tertiary/aromatic N) is 1. The van der Waals surface area contributed by atoms with Crippen molar-refractivity contribution in [3.63, 3.8) is 0 Å². The lowest BCUT2D eigenvalue weighted by atomic mass is 10.0. The second kappa shape index (κ2) is 5.40. The van der Waals surface area contributed by atoms with Crippen molar-refractivity contribution in [2.75, 3.05) is 4.90 Å². The SMILES string of the molecule is CC1Cc2ccccc2N1C(=O)c1ccc2c(c1)C(=O)c1ccccc1-2. The number of anilines is 1. The molecule has 5 rings (SSSR count). The Bertz CT molecular complexity index is 1080. The number of carbonyl (C=O) groups is 2. The summed E-state index contributed by atoms with van der Waals surface area (Å²) >= 11 is 0. The highest BCUT2D eigenvalue weighted by atomic mass is 16.2. The van der Waals surface area contributed by atoms with E-state index in [1.165, 1.54) is 5.56 Å². The van der Waals surface area contributed by atoms with Crippen LogP contribution in [0.1, 0.15) is 38.8 Å². The van der Waals surface area contributed by atoms with Gasteiger partial charge in [0.05, 0.1) is 0 Å². The number of benzene rings is 3. The van der Waals surface area contributed by atoms with Crippen LogP contribution in [0.2, 0.25) is 0 Å². The Morgan fingerprint density at radius 1 is 0.885 bits per heavy atom. The molecule has 0 aromatic heterocycles. The Morgan fingerprint density at radius 3 is 2.42 bits per heavy atom. The normalized spacial score (nSPS) is 17.0. The number of carbonyl (C=O) groups excluding carboxylic acids is 2. The molecular weight excluding hydrogens is 322 g/mol. The van der Waals surface area contributed by atoms with E-state index >= 15 is 0 Å². The summed E-state index contributed by atoms with van der Waals surface area (Å²) in [4.78, 5) is 27.8. The molecule has 1 atom stereocenters. The molecule has 0 bridgehead atoms. The Labute approximate surface area is 151 Å². The maximum Gasteiger partial charge on any atom is 0.258 e. The zero-order valence-corrected chi connectivity index (χ0v) is 14.4. The van der Waals surface area contributed by atoms with E-state index in [4.69, 9.17) is 0 Å². The lowest BCUT2D eigenvalue weighted by molar-refractivity contribution is 0.0981. The molecule has 0 fully saturated rings. The van der Waals surface area contributed by atoms with Crippen LogP contribution in [0.15, 0.2) is 66.7 Å². The number of hydrogen-bond acceptors (Lipinski definition) is 2. The molecule has 1 amide bonds. The van der Waals surface area contributed by atoms with Crippen molar-refractivity contribution in [3.05, 3.63) is 89.0 Å². The Kier molecular flexibility index (Phi) is 3.13. The number of amides is 1. The van der Waals surface area contributed by atoms with Gasteiger partial charge in [0.25, 0.3) is 5.91 Å². The molecule has 0 saturated carbocycles. The fourth-order valence-electron chi connectivity index (χ4n) is 4.18. The number of rotatable bonds is 1. The average molecular weight is 339 g/mol. The van der Waals surface area contributed by atoms with Crippen molar-refractivity contribution >= 4 is 17.4 Å². The Balaban J connectivity index is 1.57. The lowest BCUT2D eigenvalue weighted by Crippen LogP contribution is -2.35. The average Bonchev–Trinajstić information content (AvgIpc) is 3.15. The summed E-state index contributed by atoms with van der Waals surface area (Å²) in [6.07, 6.45) is 0.858. The van der Waals surface area contributed by atoms with Crippen LogP contribution in [0, 0.1) is 0 Å². The van der Waals surface area contributed by atoms with Crippen molar-refractivity contribution < 1.29 is 9.59 Å². The van der Waals surface area contributed by atoms with Crippen molar-refractivity contribution in [3.8, 4) is 11.1 Å². The fraction of sp³-hybridized carbons (Fsp3) is 0.130. The van der Waals surface area contributed by atoms with Crippen LogP contribution in [-0.2, 0) is 6.42 Å². The molecule has 1 unspecified atom stereocenters. The minimum Gasteiger partial charge on any atom is -0.305 e. The summed E-state index contributed by atoms with van der Waals surface area (Å²) in [6.45, 7) is 2.06. The number of fused-ring (bicyclic) bond motifs is 4. The first kappa shape index (κ1) is 15.1. The third-order valence-electron chi connectivity index (χ3n) is 5.40. The van der Waals surface area contributed by atoms with Crippen molar-refractivity contribution in [1.82, 2.24) is 0 Å². The van der Waals surface area contributed by atoms with Crippen molar-refractivity contribution in [1.29, 1.82) is 0 Å². The second-order valence-electron chi connectivity index (χ2n) is 6.99. The molecule has 3 heteroatoms. The van der Waals surface area contributed by atoms with E-state index in [0.29, 0.717) is 16.7 Å². The zero-order valence-electron chi connectivity index (χ0n) is 14.4. The van der Waals surface area contributed by atoms with Gasteiger partial charge in [-0.05, 0) is 48.2 Å². The van der Waals surface area contributed by atoms with Gasteiger partial charge in [-0.15, -0.1) is 0 Å². The van der Waals surface area contributed by atoms with E-state index in [2.05, 4.69) is 13.0 Å². The molecule has 0 spiro atoms. The van der Waals surface area contributed by atoms with E-state index in [9.17, 15) is 9.59 Å². The molecule has 3 aromatic rings. The summed E-state index contributed by atoms with van der Waals surface area (Å²) in [5.41, 5.74) is 5.93. The smallest absolute Gasteiger partial charge is 0.258 e. The van der Waals surface area contributed by atoms with Gasteiger partial charge in [0.15, 0.2) is 5.78 Å². The van der Waals surface area contributed by atoms with Crippen LogP contribution in [0.25, 0.3) is 11.1 Å². The Morgan fingerprint density at radius 2 is 1.58 bits per heavy atom. The zero-order chi connectivity index (χ0) is 17.8. The quantitative estimate of drug-likeness (QED) is 0.512. The summed E-state index contributed by atoms with van der Waals surface area (Å²) < 4.78 is 0. The summed E-state index contributed by atoms with van der Waals surface area (Å²) in [5, 5.41) is 0. The molecule has 1 aliphatic carbocycles. The lowest BCUT2D eigenvalue weighted by Gasteiger charge is -2.23. The van der Waals surface area contributed by atoms with Gasteiger partial charge in [-0.3, -0.25) is 9.59 Å². The first-order valence-corrected chi connectivity index (χ1v) is 8.85. The largest absolute Gasteiger partial charge is 0.305 e. The molecule has 126 valence electrons.